The molecule has 100 valence electrons. The summed E-state index contributed by atoms with van der Waals surface area (Å²) in [7, 11) is 2.96. The Balaban J connectivity index is 3.23. The number of hydrogen-bond donors (Lipinski definition) is 1. The average Bonchev–Trinajstić information content (AvgIpc) is 2.37. The predicted molar refractivity (Wildman–Crippen MR) is 70.3 cm³/mol. The van der Waals surface area contributed by atoms with Crippen molar-refractivity contribution >= 4 is 5.97 Å². The van der Waals surface area contributed by atoms with Crippen LogP contribution in [0.5, 0.6) is 0 Å². The molecule has 4 nitrogen and oxygen atoms in total. The summed E-state index contributed by atoms with van der Waals surface area (Å²) in [4.78, 5) is 12.2. The molecule has 0 bridgehead atoms. The van der Waals surface area contributed by atoms with E-state index < -0.39 is 5.54 Å². The Bertz CT molecular complexity index is 378. The van der Waals surface area contributed by atoms with E-state index in [2.05, 4.69) is 5.32 Å². The van der Waals surface area contributed by atoms with Gasteiger partial charge in [-0.1, -0.05) is 30.3 Å². The van der Waals surface area contributed by atoms with E-state index in [1.54, 1.807) is 7.11 Å². The summed E-state index contributed by atoms with van der Waals surface area (Å²) < 4.78 is 10.2. The van der Waals surface area contributed by atoms with Crippen molar-refractivity contribution in [3.8, 4) is 0 Å². The molecule has 0 fully saturated rings. The number of rotatable bonds is 6. The van der Waals surface area contributed by atoms with Crippen LogP contribution in [-0.4, -0.2) is 32.8 Å². The molecule has 1 aromatic carbocycles. The van der Waals surface area contributed by atoms with Gasteiger partial charge in [-0.2, -0.15) is 0 Å². The zero-order valence-electron chi connectivity index (χ0n) is 11.4. The molecule has 1 aromatic rings. The average molecular weight is 251 g/mol. The van der Waals surface area contributed by atoms with Gasteiger partial charge >= 0.3 is 5.97 Å². The van der Waals surface area contributed by atoms with Gasteiger partial charge in [0.25, 0.3) is 0 Å². The van der Waals surface area contributed by atoms with Crippen LogP contribution in [-0.2, 0) is 19.8 Å². The summed E-state index contributed by atoms with van der Waals surface area (Å²) in [6.45, 7) is 4.19. The molecule has 0 aromatic heterocycles. The van der Waals surface area contributed by atoms with E-state index in [-0.39, 0.29) is 18.6 Å². The largest absolute Gasteiger partial charge is 0.467 e. The number of ether oxygens (including phenoxy) is 2. The van der Waals surface area contributed by atoms with E-state index in [0.29, 0.717) is 0 Å². The number of methoxy groups -OCH3 is 2. The van der Waals surface area contributed by atoms with Gasteiger partial charge in [0.05, 0.1) is 13.7 Å². The van der Waals surface area contributed by atoms with E-state index >= 15 is 0 Å². The molecular weight excluding hydrogens is 230 g/mol. The first kappa shape index (κ1) is 14.7. The van der Waals surface area contributed by atoms with E-state index in [4.69, 9.17) is 9.47 Å². The van der Waals surface area contributed by atoms with Gasteiger partial charge in [0.1, 0.15) is 0 Å². The van der Waals surface area contributed by atoms with Crippen LogP contribution >= 0.6 is 0 Å². The number of esters is 1. The molecule has 1 N–H and O–H groups in total. The van der Waals surface area contributed by atoms with Gasteiger partial charge in [-0.3, -0.25) is 5.32 Å². The number of hydrogen-bond acceptors (Lipinski definition) is 4. The Kier molecular flexibility index (Phi) is 5.31. The first-order chi connectivity index (χ1) is 8.56. The highest BCUT2D eigenvalue weighted by molar-refractivity contribution is 5.83. The molecule has 0 aliphatic carbocycles. The molecule has 0 saturated carbocycles. The zero-order chi connectivity index (χ0) is 13.6. The van der Waals surface area contributed by atoms with Gasteiger partial charge in [-0.25, -0.2) is 4.79 Å². The normalized spacial score (nSPS) is 14.3. The zero-order valence-corrected chi connectivity index (χ0v) is 11.4. The second-order valence-electron chi connectivity index (χ2n) is 4.49. The van der Waals surface area contributed by atoms with Crippen LogP contribution in [0, 0.1) is 0 Å². The van der Waals surface area contributed by atoms with Crippen molar-refractivity contribution in [3.63, 3.8) is 0 Å². The van der Waals surface area contributed by atoms with Crippen molar-refractivity contribution in [2.45, 2.75) is 25.4 Å². The standard InChI is InChI=1S/C14H21NO3/c1-11(2)15-14(10-17-3,13(16)18-4)12-8-6-5-7-9-12/h5-9,11,15H,10H2,1-4H3. The molecule has 0 saturated heterocycles. The van der Waals surface area contributed by atoms with Crippen LogP contribution in [0.3, 0.4) is 0 Å². The number of carbonyl (C=O) groups excluding carboxylic acids is 1. The molecule has 1 rings (SSSR count). The summed E-state index contributed by atoms with van der Waals surface area (Å²) in [5.41, 5.74) is -0.119. The first-order valence-electron chi connectivity index (χ1n) is 5.97. The van der Waals surface area contributed by atoms with Crippen molar-refractivity contribution in [1.29, 1.82) is 0 Å². The highest BCUT2D eigenvalue weighted by atomic mass is 16.5. The molecule has 18 heavy (non-hydrogen) atoms. The fourth-order valence-electron chi connectivity index (χ4n) is 2.05. The van der Waals surface area contributed by atoms with E-state index in [0.717, 1.165) is 5.56 Å². The van der Waals surface area contributed by atoms with Crippen molar-refractivity contribution in [1.82, 2.24) is 5.32 Å². The molecule has 0 aliphatic rings. The maximum Gasteiger partial charge on any atom is 0.333 e. The van der Waals surface area contributed by atoms with Gasteiger partial charge in [0, 0.05) is 13.2 Å². The molecule has 4 heteroatoms. The van der Waals surface area contributed by atoms with Crippen LogP contribution in [0.1, 0.15) is 19.4 Å². The Morgan fingerprint density at radius 1 is 1.28 bits per heavy atom. The number of benzene rings is 1. The monoisotopic (exact) mass is 251 g/mol. The van der Waals surface area contributed by atoms with Crippen LogP contribution in [0.2, 0.25) is 0 Å². The predicted octanol–water partition coefficient (Wildman–Crippen LogP) is 1.70. The lowest BCUT2D eigenvalue weighted by Gasteiger charge is -2.33. The van der Waals surface area contributed by atoms with Gasteiger partial charge in [0.2, 0.25) is 0 Å². The van der Waals surface area contributed by atoms with E-state index in [1.807, 2.05) is 44.2 Å². The smallest absolute Gasteiger partial charge is 0.333 e. The van der Waals surface area contributed by atoms with Crippen molar-refractivity contribution in [2.24, 2.45) is 0 Å². The van der Waals surface area contributed by atoms with Gasteiger partial charge in [-0.05, 0) is 19.4 Å². The Morgan fingerprint density at radius 3 is 2.33 bits per heavy atom. The van der Waals surface area contributed by atoms with E-state index in [1.165, 1.54) is 7.11 Å². The van der Waals surface area contributed by atoms with Crippen molar-refractivity contribution in [2.75, 3.05) is 20.8 Å². The topological polar surface area (TPSA) is 47.6 Å². The summed E-state index contributed by atoms with van der Waals surface area (Å²) in [5, 5.41) is 3.26. The quantitative estimate of drug-likeness (QED) is 0.782. The van der Waals surface area contributed by atoms with Crippen LogP contribution in [0.15, 0.2) is 30.3 Å². The Morgan fingerprint density at radius 2 is 1.89 bits per heavy atom. The molecule has 0 aliphatic heterocycles. The third-order valence-electron chi connectivity index (χ3n) is 2.70. The number of nitrogens with one attached hydrogen (secondary N) is 1. The molecule has 1 unspecified atom stereocenters. The Labute approximate surface area is 108 Å². The molecule has 0 amide bonds. The van der Waals surface area contributed by atoms with Crippen LogP contribution < -0.4 is 5.32 Å². The molecule has 0 radical (unpaired) electrons. The minimum atomic E-state index is -0.959. The summed E-state index contributed by atoms with van der Waals surface area (Å²) in [6.07, 6.45) is 0. The summed E-state index contributed by atoms with van der Waals surface area (Å²) >= 11 is 0. The second kappa shape index (κ2) is 6.52. The van der Waals surface area contributed by atoms with Crippen LogP contribution in [0.4, 0.5) is 0 Å². The Hall–Kier alpha value is -1.39. The van der Waals surface area contributed by atoms with Crippen LogP contribution in [0.25, 0.3) is 0 Å². The summed E-state index contributed by atoms with van der Waals surface area (Å²) in [6, 6.07) is 9.61. The minimum absolute atomic E-state index is 0.124. The maximum absolute atomic E-state index is 12.2. The van der Waals surface area contributed by atoms with Gasteiger partial charge < -0.3 is 9.47 Å². The first-order valence-corrected chi connectivity index (χ1v) is 5.97. The second-order valence-corrected chi connectivity index (χ2v) is 4.49. The lowest BCUT2D eigenvalue weighted by atomic mass is 9.89. The SMILES string of the molecule is COCC(NC(C)C)(C(=O)OC)c1ccccc1. The third-order valence-corrected chi connectivity index (χ3v) is 2.70. The summed E-state index contributed by atoms with van der Waals surface area (Å²) in [5.74, 6) is -0.343. The van der Waals surface area contributed by atoms with Crippen molar-refractivity contribution < 1.29 is 14.3 Å². The highest BCUT2D eigenvalue weighted by Gasteiger charge is 2.41. The molecule has 0 heterocycles. The van der Waals surface area contributed by atoms with E-state index in [9.17, 15) is 4.79 Å². The maximum atomic E-state index is 12.2. The molecule has 0 spiro atoms. The van der Waals surface area contributed by atoms with Gasteiger partial charge in [-0.15, -0.1) is 0 Å². The fraction of sp³-hybridized carbons (Fsp3) is 0.500. The van der Waals surface area contributed by atoms with Crippen molar-refractivity contribution in [3.05, 3.63) is 35.9 Å². The lowest BCUT2D eigenvalue weighted by Crippen LogP contribution is -2.55. The third kappa shape index (κ3) is 3.09. The highest BCUT2D eigenvalue weighted by Crippen LogP contribution is 2.24. The fourth-order valence-corrected chi connectivity index (χ4v) is 2.05. The number of carbonyl (C=O) groups is 1. The lowest BCUT2D eigenvalue weighted by molar-refractivity contribution is -0.152. The molecule has 1 atom stereocenters. The molecular formula is C14H21NO3. The van der Waals surface area contributed by atoms with Gasteiger partial charge in [0.15, 0.2) is 5.54 Å². The minimum Gasteiger partial charge on any atom is -0.467 e.